The molecule has 3 aromatic carbocycles. The van der Waals surface area contributed by atoms with Crippen LogP contribution in [0.2, 0.25) is 5.02 Å². The summed E-state index contributed by atoms with van der Waals surface area (Å²) >= 11 is 6.47. The number of Topliss-reactive ketones (excluding diaryl/α,β-unsaturated/α-hetero) is 1. The van der Waals surface area contributed by atoms with Crippen LogP contribution >= 0.6 is 11.6 Å². The van der Waals surface area contributed by atoms with Crippen molar-refractivity contribution in [1.82, 2.24) is 0 Å². The maximum Gasteiger partial charge on any atom is 0.163 e. The van der Waals surface area contributed by atoms with Crippen LogP contribution in [-0.4, -0.2) is 19.0 Å². The van der Waals surface area contributed by atoms with E-state index in [1.807, 2.05) is 68.4 Å². The van der Waals surface area contributed by atoms with Crippen molar-refractivity contribution in [2.45, 2.75) is 44.8 Å². The third kappa shape index (κ3) is 4.73. The summed E-state index contributed by atoms with van der Waals surface area (Å²) < 4.78 is 11.1. The van der Waals surface area contributed by atoms with Gasteiger partial charge in [-0.25, -0.2) is 0 Å². The first-order chi connectivity index (χ1) is 16.9. The number of fused-ring (bicyclic) bond motifs is 1. The number of nitrogens with one attached hydrogen (secondary N) is 2. The van der Waals surface area contributed by atoms with Crippen LogP contribution in [0.15, 0.2) is 78.0 Å². The van der Waals surface area contributed by atoms with E-state index in [2.05, 4.69) is 22.8 Å². The molecule has 2 unspecified atom stereocenters. The zero-order chi connectivity index (χ0) is 24.5. The van der Waals surface area contributed by atoms with Gasteiger partial charge in [0.15, 0.2) is 5.78 Å². The van der Waals surface area contributed by atoms with E-state index >= 15 is 0 Å². The van der Waals surface area contributed by atoms with E-state index in [1.54, 1.807) is 7.11 Å². The van der Waals surface area contributed by atoms with Gasteiger partial charge in [-0.3, -0.25) is 4.79 Å². The van der Waals surface area contributed by atoms with Crippen LogP contribution in [0.3, 0.4) is 0 Å². The van der Waals surface area contributed by atoms with Gasteiger partial charge in [0.1, 0.15) is 11.5 Å². The average Bonchev–Trinajstić information content (AvgIpc) is 3.01. The number of carbonyl (C=O) groups is 1. The van der Waals surface area contributed by atoms with Crippen molar-refractivity contribution >= 4 is 28.8 Å². The summed E-state index contributed by atoms with van der Waals surface area (Å²) in [6.07, 6.45) is 1.31. The molecule has 6 heteroatoms. The fraction of sp³-hybridized carbons (Fsp3) is 0.276. The highest BCUT2D eigenvalue weighted by atomic mass is 35.5. The van der Waals surface area contributed by atoms with Gasteiger partial charge in [0.25, 0.3) is 0 Å². The van der Waals surface area contributed by atoms with Gasteiger partial charge < -0.3 is 20.1 Å². The number of hydrogen-bond acceptors (Lipinski definition) is 5. The maximum atomic E-state index is 13.7. The molecule has 2 atom stereocenters. The SMILES string of the molecule is COc1ccc(C2Nc3ccccc3NC3=C2C(=O)CC(c2ccc(OC(C)C)cc2)C3)cc1Cl. The minimum absolute atomic E-state index is 0.0900. The zero-order valence-corrected chi connectivity index (χ0v) is 20.9. The minimum Gasteiger partial charge on any atom is -0.495 e. The molecule has 3 aromatic rings. The first kappa shape index (κ1) is 23.3. The summed E-state index contributed by atoms with van der Waals surface area (Å²) in [4.78, 5) is 13.7. The Bertz CT molecular complexity index is 1280. The smallest absolute Gasteiger partial charge is 0.163 e. The number of carbonyl (C=O) groups excluding carboxylic acids is 1. The van der Waals surface area contributed by atoms with Gasteiger partial charge in [0, 0.05) is 17.7 Å². The number of methoxy groups -OCH3 is 1. The van der Waals surface area contributed by atoms with E-state index < -0.39 is 0 Å². The van der Waals surface area contributed by atoms with E-state index in [-0.39, 0.29) is 23.8 Å². The number of allylic oxidation sites excluding steroid dienone is 1. The molecule has 35 heavy (non-hydrogen) atoms. The highest BCUT2D eigenvalue weighted by molar-refractivity contribution is 6.32. The molecule has 0 aromatic heterocycles. The molecule has 0 amide bonds. The molecule has 1 heterocycles. The molecule has 180 valence electrons. The quantitative estimate of drug-likeness (QED) is 0.400. The number of benzene rings is 3. The number of ketones is 1. The molecule has 0 bridgehead atoms. The van der Waals surface area contributed by atoms with Crippen molar-refractivity contribution in [3.05, 3.63) is 94.1 Å². The number of halogens is 1. The summed E-state index contributed by atoms with van der Waals surface area (Å²) in [7, 11) is 1.60. The largest absolute Gasteiger partial charge is 0.495 e. The van der Waals surface area contributed by atoms with Crippen LogP contribution in [0.4, 0.5) is 11.4 Å². The van der Waals surface area contributed by atoms with Crippen LogP contribution in [0.5, 0.6) is 11.5 Å². The standard InChI is InChI=1S/C29H29ClN2O3/c1-17(2)35-21-11-8-18(9-12-21)20-15-25-28(26(33)16-20)29(19-10-13-27(34-3)22(30)14-19)32-24-7-5-4-6-23(24)31-25/h4-14,17,20,29,31-32H,15-16H2,1-3H3. The number of ether oxygens (including phenoxy) is 2. The molecule has 0 spiro atoms. The van der Waals surface area contributed by atoms with E-state index in [1.165, 1.54) is 0 Å². The zero-order valence-electron chi connectivity index (χ0n) is 20.1. The molecule has 2 aliphatic rings. The van der Waals surface area contributed by atoms with Crippen molar-refractivity contribution in [3.8, 4) is 11.5 Å². The van der Waals surface area contributed by atoms with E-state index in [0.29, 0.717) is 17.2 Å². The second kappa shape index (κ2) is 9.67. The minimum atomic E-state index is -0.320. The van der Waals surface area contributed by atoms with Crippen LogP contribution in [0.25, 0.3) is 0 Å². The van der Waals surface area contributed by atoms with Gasteiger partial charge >= 0.3 is 0 Å². The summed E-state index contributed by atoms with van der Waals surface area (Å²) in [5, 5.41) is 7.69. The number of anilines is 2. The second-order valence-electron chi connectivity index (χ2n) is 9.30. The average molecular weight is 489 g/mol. The maximum absolute atomic E-state index is 13.7. The monoisotopic (exact) mass is 488 g/mol. The number of hydrogen-bond donors (Lipinski definition) is 2. The lowest BCUT2D eigenvalue weighted by atomic mass is 9.78. The predicted molar refractivity (Wildman–Crippen MR) is 141 cm³/mol. The van der Waals surface area contributed by atoms with Gasteiger partial charge in [-0.1, -0.05) is 41.9 Å². The van der Waals surface area contributed by atoms with E-state index in [9.17, 15) is 4.79 Å². The number of para-hydroxylation sites is 2. The first-order valence-corrected chi connectivity index (χ1v) is 12.3. The van der Waals surface area contributed by atoms with Crippen molar-refractivity contribution in [2.75, 3.05) is 17.7 Å². The van der Waals surface area contributed by atoms with Gasteiger partial charge in [-0.2, -0.15) is 0 Å². The van der Waals surface area contributed by atoms with Crippen molar-refractivity contribution in [2.24, 2.45) is 0 Å². The normalized spacial score (nSPS) is 19.3. The Morgan fingerprint density at radius 1 is 0.943 bits per heavy atom. The Kier molecular flexibility index (Phi) is 6.44. The molecule has 1 aliphatic heterocycles. The first-order valence-electron chi connectivity index (χ1n) is 11.9. The second-order valence-corrected chi connectivity index (χ2v) is 9.71. The van der Waals surface area contributed by atoms with Crippen LogP contribution in [0, 0.1) is 0 Å². The fourth-order valence-corrected chi connectivity index (χ4v) is 5.20. The summed E-state index contributed by atoms with van der Waals surface area (Å²) in [6, 6.07) is 21.5. The molecule has 0 fully saturated rings. The van der Waals surface area contributed by atoms with Crippen molar-refractivity contribution in [3.63, 3.8) is 0 Å². The molecular weight excluding hydrogens is 460 g/mol. The van der Waals surface area contributed by atoms with Gasteiger partial charge in [-0.15, -0.1) is 0 Å². The molecular formula is C29H29ClN2O3. The van der Waals surface area contributed by atoms with Crippen molar-refractivity contribution < 1.29 is 14.3 Å². The Labute approximate surface area is 211 Å². The van der Waals surface area contributed by atoms with Crippen LogP contribution in [-0.2, 0) is 4.79 Å². The molecule has 0 radical (unpaired) electrons. The molecule has 0 saturated heterocycles. The summed E-state index contributed by atoms with van der Waals surface area (Å²) in [6.45, 7) is 4.02. The third-order valence-electron chi connectivity index (χ3n) is 6.54. The summed E-state index contributed by atoms with van der Waals surface area (Å²) in [5.41, 5.74) is 5.66. The van der Waals surface area contributed by atoms with E-state index in [4.69, 9.17) is 21.1 Å². The highest BCUT2D eigenvalue weighted by Gasteiger charge is 2.36. The molecule has 5 nitrogen and oxygen atoms in total. The molecule has 2 N–H and O–H groups in total. The lowest BCUT2D eigenvalue weighted by Crippen LogP contribution is -2.26. The predicted octanol–water partition coefficient (Wildman–Crippen LogP) is 7.12. The lowest BCUT2D eigenvalue weighted by Gasteiger charge is -2.30. The Hall–Kier alpha value is -3.44. The number of rotatable bonds is 5. The Balaban J connectivity index is 1.53. The van der Waals surface area contributed by atoms with Crippen LogP contribution < -0.4 is 20.1 Å². The fourth-order valence-electron chi connectivity index (χ4n) is 4.93. The Morgan fingerprint density at radius 2 is 1.66 bits per heavy atom. The van der Waals surface area contributed by atoms with Crippen molar-refractivity contribution in [1.29, 1.82) is 0 Å². The highest BCUT2D eigenvalue weighted by Crippen LogP contribution is 2.45. The topological polar surface area (TPSA) is 59.6 Å². The lowest BCUT2D eigenvalue weighted by molar-refractivity contribution is -0.116. The molecule has 5 rings (SSSR count). The van der Waals surface area contributed by atoms with Gasteiger partial charge in [0.2, 0.25) is 0 Å². The van der Waals surface area contributed by atoms with Gasteiger partial charge in [-0.05, 0) is 73.7 Å². The third-order valence-corrected chi connectivity index (χ3v) is 6.84. The van der Waals surface area contributed by atoms with E-state index in [0.717, 1.165) is 45.9 Å². The molecule has 1 aliphatic carbocycles. The van der Waals surface area contributed by atoms with Crippen LogP contribution in [0.1, 0.15) is 49.8 Å². The Morgan fingerprint density at radius 3 is 2.34 bits per heavy atom. The molecule has 0 saturated carbocycles. The summed E-state index contributed by atoms with van der Waals surface area (Å²) in [5.74, 6) is 1.67. The van der Waals surface area contributed by atoms with Gasteiger partial charge in [0.05, 0.1) is 35.7 Å².